The summed E-state index contributed by atoms with van der Waals surface area (Å²) >= 11 is 0. The van der Waals surface area contributed by atoms with Crippen molar-refractivity contribution >= 4 is 5.96 Å². The van der Waals surface area contributed by atoms with E-state index in [0.29, 0.717) is 38.2 Å². The molecule has 1 saturated heterocycles. The highest BCUT2D eigenvalue weighted by molar-refractivity contribution is 5.78. The predicted molar refractivity (Wildman–Crippen MR) is 72.6 cm³/mol. The Morgan fingerprint density at radius 3 is 2.20 bits per heavy atom. The van der Waals surface area contributed by atoms with Gasteiger partial charge in [-0.15, -0.1) is 0 Å². The van der Waals surface area contributed by atoms with Crippen molar-refractivity contribution in [1.82, 2.24) is 9.80 Å². The van der Waals surface area contributed by atoms with Crippen molar-refractivity contribution in [3.63, 3.8) is 0 Å². The Morgan fingerprint density at radius 2 is 1.65 bits per heavy atom. The molecule has 0 aromatic carbocycles. The molecular weight excluding hydrogens is 269 g/mol. The van der Waals surface area contributed by atoms with Crippen molar-refractivity contribution < 1.29 is 13.2 Å². The number of piperazine rings is 1. The molecule has 0 unspecified atom stereocenters. The van der Waals surface area contributed by atoms with Crippen molar-refractivity contribution in [2.75, 3.05) is 32.7 Å². The largest absolute Gasteiger partial charge is 0.401 e. The fourth-order valence-corrected chi connectivity index (χ4v) is 2.87. The van der Waals surface area contributed by atoms with Crippen molar-refractivity contribution in [2.24, 2.45) is 10.7 Å². The number of rotatable bonds is 2. The van der Waals surface area contributed by atoms with E-state index in [0.717, 1.165) is 12.8 Å². The number of nitrogens with two attached hydrogens (primary N) is 1. The molecule has 2 aliphatic rings. The van der Waals surface area contributed by atoms with Gasteiger partial charge < -0.3 is 10.6 Å². The summed E-state index contributed by atoms with van der Waals surface area (Å²) in [6.07, 6.45) is 1.69. The monoisotopic (exact) mass is 292 g/mol. The number of nitrogens with zero attached hydrogens (tertiary/aromatic N) is 3. The Labute approximate surface area is 117 Å². The van der Waals surface area contributed by atoms with Crippen LogP contribution >= 0.6 is 0 Å². The van der Waals surface area contributed by atoms with Crippen molar-refractivity contribution in [3.8, 4) is 0 Å². The summed E-state index contributed by atoms with van der Waals surface area (Å²) in [5.41, 5.74) is 5.99. The zero-order valence-electron chi connectivity index (χ0n) is 11.7. The van der Waals surface area contributed by atoms with E-state index in [4.69, 9.17) is 5.73 Å². The molecule has 20 heavy (non-hydrogen) atoms. The first kappa shape index (κ1) is 15.4. The van der Waals surface area contributed by atoms with Gasteiger partial charge in [0, 0.05) is 26.2 Å². The van der Waals surface area contributed by atoms with E-state index in [-0.39, 0.29) is 0 Å². The van der Waals surface area contributed by atoms with Crippen molar-refractivity contribution in [2.45, 2.75) is 44.3 Å². The maximum atomic E-state index is 12.3. The van der Waals surface area contributed by atoms with Crippen LogP contribution in [0.1, 0.15) is 32.1 Å². The van der Waals surface area contributed by atoms with E-state index in [1.165, 1.54) is 24.2 Å². The maximum Gasteiger partial charge on any atom is 0.401 e. The summed E-state index contributed by atoms with van der Waals surface area (Å²) < 4.78 is 36.9. The molecule has 0 radical (unpaired) electrons. The second-order valence-corrected chi connectivity index (χ2v) is 5.66. The van der Waals surface area contributed by atoms with Crippen LogP contribution in [0.2, 0.25) is 0 Å². The van der Waals surface area contributed by atoms with E-state index in [1.807, 2.05) is 4.90 Å². The second kappa shape index (κ2) is 6.65. The molecule has 1 aliphatic heterocycles. The van der Waals surface area contributed by atoms with Gasteiger partial charge in [0.25, 0.3) is 0 Å². The molecule has 116 valence electrons. The number of guanidine groups is 1. The lowest BCUT2D eigenvalue weighted by molar-refractivity contribution is -0.148. The highest BCUT2D eigenvalue weighted by Gasteiger charge is 2.32. The quantitative estimate of drug-likeness (QED) is 0.623. The van der Waals surface area contributed by atoms with Gasteiger partial charge in [-0.25, -0.2) is 4.99 Å². The fraction of sp³-hybridized carbons (Fsp3) is 0.923. The molecule has 0 bridgehead atoms. The standard InChI is InChI=1S/C13H23F3N4/c14-13(15,16)10-19-6-8-20(9-7-19)12(17)18-11-4-2-1-3-5-11/h11H,1-10H2,(H2,17,18). The summed E-state index contributed by atoms with van der Waals surface area (Å²) in [5.74, 6) is 0.503. The third kappa shape index (κ3) is 4.85. The van der Waals surface area contributed by atoms with Gasteiger partial charge in [0.05, 0.1) is 12.6 Å². The molecule has 0 spiro atoms. The van der Waals surface area contributed by atoms with E-state index >= 15 is 0 Å². The minimum atomic E-state index is -4.12. The highest BCUT2D eigenvalue weighted by Crippen LogP contribution is 2.21. The number of aliphatic imine (C=N–C) groups is 1. The fourth-order valence-electron chi connectivity index (χ4n) is 2.87. The van der Waals surface area contributed by atoms with E-state index in [1.54, 1.807) is 0 Å². The summed E-state index contributed by atoms with van der Waals surface area (Å²) in [4.78, 5) is 7.86. The third-order valence-electron chi connectivity index (χ3n) is 3.99. The number of halogens is 3. The summed E-state index contributed by atoms with van der Waals surface area (Å²) in [7, 11) is 0. The molecular formula is C13H23F3N4. The zero-order chi connectivity index (χ0) is 14.6. The minimum absolute atomic E-state index is 0.303. The van der Waals surface area contributed by atoms with Gasteiger partial charge in [0.15, 0.2) is 5.96 Å². The molecule has 0 aromatic rings. The van der Waals surface area contributed by atoms with Gasteiger partial charge in [-0.1, -0.05) is 19.3 Å². The minimum Gasteiger partial charge on any atom is -0.370 e. The molecule has 0 aromatic heterocycles. The van der Waals surface area contributed by atoms with Crippen LogP contribution in [-0.4, -0.2) is 60.7 Å². The topological polar surface area (TPSA) is 44.9 Å². The number of hydrogen-bond donors (Lipinski definition) is 1. The first-order valence-corrected chi connectivity index (χ1v) is 7.31. The van der Waals surface area contributed by atoms with Gasteiger partial charge in [0.1, 0.15) is 0 Å². The Kier molecular flexibility index (Phi) is 5.12. The first-order valence-electron chi connectivity index (χ1n) is 7.31. The Hall–Kier alpha value is -0.980. The van der Waals surface area contributed by atoms with Crippen LogP contribution in [0.15, 0.2) is 4.99 Å². The molecule has 1 aliphatic carbocycles. The smallest absolute Gasteiger partial charge is 0.370 e. The maximum absolute atomic E-state index is 12.3. The zero-order valence-corrected chi connectivity index (χ0v) is 11.7. The predicted octanol–water partition coefficient (Wildman–Crippen LogP) is 1.81. The summed E-state index contributed by atoms with van der Waals surface area (Å²) in [6, 6.07) is 0.303. The number of hydrogen-bond acceptors (Lipinski definition) is 2. The third-order valence-corrected chi connectivity index (χ3v) is 3.99. The van der Waals surface area contributed by atoms with Gasteiger partial charge in [-0.05, 0) is 12.8 Å². The molecule has 7 heteroatoms. The van der Waals surface area contributed by atoms with Crippen molar-refractivity contribution in [3.05, 3.63) is 0 Å². The molecule has 1 heterocycles. The van der Waals surface area contributed by atoms with Crippen LogP contribution in [0.25, 0.3) is 0 Å². The lowest BCUT2D eigenvalue weighted by Gasteiger charge is -2.36. The molecule has 4 nitrogen and oxygen atoms in total. The van der Waals surface area contributed by atoms with Gasteiger partial charge in [0.2, 0.25) is 0 Å². The summed E-state index contributed by atoms with van der Waals surface area (Å²) in [5, 5.41) is 0. The number of alkyl halides is 3. The highest BCUT2D eigenvalue weighted by atomic mass is 19.4. The average Bonchev–Trinajstić information content (AvgIpc) is 2.39. The molecule has 0 amide bonds. The molecule has 0 atom stereocenters. The van der Waals surface area contributed by atoms with E-state index < -0.39 is 12.7 Å². The summed E-state index contributed by atoms with van der Waals surface area (Å²) in [6.45, 7) is 0.998. The van der Waals surface area contributed by atoms with Crippen molar-refractivity contribution in [1.29, 1.82) is 0 Å². The van der Waals surface area contributed by atoms with Gasteiger partial charge in [-0.2, -0.15) is 13.2 Å². The van der Waals surface area contributed by atoms with Crippen LogP contribution < -0.4 is 5.73 Å². The normalized spacial score (nSPS) is 24.1. The van der Waals surface area contributed by atoms with Crippen LogP contribution in [-0.2, 0) is 0 Å². The van der Waals surface area contributed by atoms with Gasteiger partial charge in [-0.3, -0.25) is 4.90 Å². The van der Waals surface area contributed by atoms with E-state index in [9.17, 15) is 13.2 Å². The van der Waals surface area contributed by atoms with E-state index in [2.05, 4.69) is 4.99 Å². The van der Waals surface area contributed by atoms with Crippen LogP contribution in [0.5, 0.6) is 0 Å². The van der Waals surface area contributed by atoms with Crippen LogP contribution in [0, 0.1) is 0 Å². The molecule has 2 rings (SSSR count). The lowest BCUT2D eigenvalue weighted by Crippen LogP contribution is -2.53. The molecule has 2 N–H and O–H groups in total. The van der Waals surface area contributed by atoms with Crippen LogP contribution in [0.3, 0.4) is 0 Å². The van der Waals surface area contributed by atoms with Crippen LogP contribution in [0.4, 0.5) is 13.2 Å². The Bertz CT molecular complexity index is 329. The van der Waals surface area contributed by atoms with Gasteiger partial charge >= 0.3 is 6.18 Å². The average molecular weight is 292 g/mol. The Morgan fingerprint density at radius 1 is 1.05 bits per heavy atom. The SMILES string of the molecule is NC(=NC1CCCCC1)N1CCN(CC(F)(F)F)CC1. The molecule has 2 fully saturated rings. The second-order valence-electron chi connectivity index (χ2n) is 5.66. The first-order chi connectivity index (χ1) is 9.44. The lowest BCUT2D eigenvalue weighted by atomic mass is 9.96. The Balaban J connectivity index is 1.79. The molecule has 1 saturated carbocycles.